The van der Waals surface area contributed by atoms with Gasteiger partial charge in [-0.25, -0.2) is 4.98 Å². The quantitative estimate of drug-likeness (QED) is 0.812. The first-order valence-corrected chi connectivity index (χ1v) is 7.65. The van der Waals surface area contributed by atoms with E-state index in [-0.39, 0.29) is 5.41 Å². The summed E-state index contributed by atoms with van der Waals surface area (Å²) in [7, 11) is 0. The van der Waals surface area contributed by atoms with E-state index in [2.05, 4.69) is 24.9 Å². The number of nitrogens with zero attached hydrogens (tertiary/aromatic N) is 2. The molecule has 1 aliphatic carbocycles. The maximum atomic E-state index is 9.54. The molecule has 0 amide bonds. The van der Waals surface area contributed by atoms with Gasteiger partial charge in [-0.1, -0.05) is 56.4 Å². The first kappa shape index (κ1) is 14.7. The van der Waals surface area contributed by atoms with E-state index in [4.69, 9.17) is 18.0 Å². The SMILES string of the molecule is CC1(C)CC(=S)c2c(nc(N)c(C#N)c2-c2ccccc2)C1. The fraction of sp³-hybridized carbons (Fsp3) is 0.278. The second-order valence-corrected chi connectivity index (χ2v) is 6.98. The van der Waals surface area contributed by atoms with Gasteiger partial charge in [0.25, 0.3) is 0 Å². The van der Waals surface area contributed by atoms with Crippen molar-refractivity contribution in [2.24, 2.45) is 5.41 Å². The van der Waals surface area contributed by atoms with E-state index in [1.807, 2.05) is 30.3 Å². The average molecular weight is 307 g/mol. The van der Waals surface area contributed by atoms with E-state index < -0.39 is 0 Å². The summed E-state index contributed by atoms with van der Waals surface area (Å²) in [5.74, 6) is 0.292. The first-order chi connectivity index (χ1) is 10.4. The topological polar surface area (TPSA) is 62.7 Å². The molecule has 2 aromatic rings. The lowest BCUT2D eigenvalue weighted by Crippen LogP contribution is -2.28. The molecule has 0 bridgehead atoms. The number of hydrogen-bond donors (Lipinski definition) is 1. The minimum absolute atomic E-state index is 0.0750. The van der Waals surface area contributed by atoms with Crippen molar-refractivity contribution in [3.05, 3.63) is 47.2 Å². The molecule has 0 fully saturated rings. The molecule has 2 N–H and O–H groups in total. The van der Waals surface area contributed by atoms with Gasteiger partial charge in [-0.2, -0.15) is 5.26 Å². The molecule has 1 aromatic heterocycles. The minimum Gasteiger partial charge on any atom is -0.383 e. The Bertz CT molecular complexity index is 801. The molecular weight excluding hydrogens is 290 g/mol. The van der Waals surface area contributed by atoms with E-state index in [0.717, 1.165) is 40.1 Å². The van der Waals surface area contributed by atoms with E-state index in [0.29, 0.717) is 11.4 Å². The third kappa shape index (κ3) is 2.38. The Morgan fingerprint density at radius 1 is 1.18 bits per heavy atom. The zero-order valence-electron chi connectivity index (χ0n) is 12.7. The van der Waals surface area contributed by atoms with Gasteiger partial charge in [0.1, 0.15) is 17.5 Å². The summed E-state index contributed by atoms with van der Waals surface area (Å²) in [6.45, 7) is 4.36. The smallest absolute Gasteiger partial charge is 0.142 e. The number of benzene rings is 1. The van der Waals surface area contributed by atoms with Crippen molar-refractivity contribution in [3.8, 4) is 17.2 Å². The number of nitriles is 1. The molecule has 0 spiro atoms. The van der Waals surface area contributed by atoms with E-state index in [9.17, 15) is 5.26 Å². The number of pyridine rings is 1. The van der Waals surface area contributed by atoms with Crippen LogP contribution in [-0.4, -0.2) is 9.85 Å². The molecule has 3 rings (SSSR count). The maximum absolute atomic E-state index is 9.54. The molecule has 4 heteroatoms. The number of hydrogen-bond acceptors (Lipinski definition) is 4. The Morgan fingerprint density at radius 2 is 1.86 bits per heavy atom. The summed E-state index contributed by atoms with van der Waals surface area (Å²) in [4.78, 5) is 5.35. The predicted molar refractivity (Wildman–Crippen MR) is 92.6 cm³/mol. The zero-order valence-corrected chi connectivity index (χ0v) is 13.5. The van der Waals surface area contributed by atoms with E-state index in [1.54, 1.807) is 0 Å². The third-order valence-corrected chi connectivity index (χ3v) is 4.39. The molecule has 3 nitrogen and oxygen atoms in total. The third-order valence-electron chi connectivity index (χ3n) is 4.04. The number of fused-ring (bicyclic) bond motifs is 1. The lowest BCUT2D eigenvalue weighted by Gasteiger charge is -2.32. The molecule has 22 heavy (non-hydrogen) atoms. The highest BCUT2D eigenvalue weighted by molar-refractivity contribution is 7.80. The molecule has 1 aliphatic rings. The van der Waals surface area contributed by atoms with Crippen molar-refractivity contribution in [2.45, 2.75) is 26.7 Å². The van der Waals surface area contributed by atoms with Gasteiger partial charge in [0.15, 0.2) is 0 Å². The van der Waals surface area contributed by atoms with E-state index in [1.165, 1.54) is 0 Å². The Balaban J connectivity index is 2.36. The molecule has 0 atom stereocenters. The summed E-state index contributed by atoms with van der Waals surface area (Å²) in [6.07, 6.45) is 1.64. The van der Waals surface area contributed by atoms with Crippen LogP contribution in [0.25, 0.3) is 11.1 Å². The van der Waals surface area contributed by atoms with Crippen LogP contribution in [0.2, 0.25) is 0 Å². The van der Waals surface area contributed by atoms with Gasteiger partial charge >= 0.3 is 0 Å². The second-order valence-electron chi connectivity index (χ2n) is 6.49. The number of anilines is 1. The van der Waals surface area contributed by atoms with Crippen LogP contribution in [0.15, 0.2) is 30.3 Å². The molecule has 0 unspecified atom stereocenters. The summed E-state index contributed by atoms with van der Waals surface area (Å²) in [5.41, 5.74) is 10.2. The Kier molecular flexibility index (Phi) is 3.46. The lowest BCUT2D eigenvalue weighted by molar-refractivity contribution is 0.370. The van der Waals surface area contributed by atoms with Crippen LogP contribution >= 0.6 is 12.2 Å². The number of nitrogens with two attached hydrogens (primary N) is 1. The van der Waals surface area contributed by atoms with Gasteiger partial charge in [0.05, 0.1) is 5.69 Å². The number of rotatable bonds is 1. The highest BCUT2D eigenvalue weighted by atomic mass is 32.1. The summed E-state index contributed by atoms with van der Waals surface area (Å²) >= 11 is 5.66. The largest absolute Gasteiger partial charge is 0.383 e. The normalized spacial score (nSPS) is 16.0. The van der Waals surface area contributed by atoms with Crippen molar-refractivity contribution in [2.75, 3.05) is 5.73 Å². The van der Waals surface area contributed by atoms with Crippen LogP contribution in [0.3, 0.4) is 0 Å². The fourth-order valence-electron chi connectivity index (χ4n) is 3.13. The molecule has 1 heterocycles. The van der Waals surface area contributed by atoms with Gasteiger partial charge in [0.2, 0.25) is 0 Å². The maximum Gasteiger partial charge on any atom is 0.142 e. The van der Waals surface area contributed by atoms with Gasteiger partial charge in [-0.3, -0.25) is 0 Å². The van der Waals surface area contributed by atoms with Crippen LogP contribution < -0.4 is 5.73 Å². The van der Waals surface area contributed by atoms with Crippen LogP contribution in [0.4, 0.5) is 5.82 Å². The van der Waals surface area contributed by atoms with Crippen LogP contribution in [0.5, 0.6) is 0 Å². The number of aromatic nitrogens is 1. The molecule has 0 aliphatic heterocycles. The monoisotopic (exact) mass is 307 g/mol. The molecule has 0 radical (unpaired) electrons. The first-order valence-electron chi connectivity index (χ1n) is 7.24. The standard InChI is InChI=1S/C18H17N3S/c1-18(2)8-13-16(14(22)9-18)15(11-6-4-3-5-7-11)12(10-19)17(20)21-13/h3-7H,8-9H2,1-2H3,(H2,20,21). The number of thiocarbonyl (C=S) groups is 1. The van der Waals surface area contributed by atoms with Crippen molar-refractivity contribution in [1.29, 1.82) is 5.26 Å². The zero-order chi connectivity index (χ0) is 15.9. The van der Waals surface area contributed by atoms with Crippen LogP contribution in [-0.2, 0) is 6.42 Å². The van der Waals surface area contributed by atoms with Crippen molar-refractivity contribution < 1.29 is 0 Å². The molecule has 0 saturated heterocycles. The summed E-state index contributed by atoms with van der Waals surface area (Å²) < 4.78 is 0. The van der Waals surface area contributed by atoms with E-state index >= 15 is 0 Å². The molecule has 0 saturated carbocycles. The van der Waals surface area contributed by atoms with Gasteiger partial charge in [0, 0.05) is 16.0 Å². The van der Waals surface area contributed by atoms with Crippen LogP contribution in [0.1, 0.15) is 37.1 Å². The second kappa shape index (κ2) is 5.19. The van der Waals surface area contributed by atoms with Gasteiger partial charge in [-0.15, -0.1) is 0 Å². The van der Waals surface area contributed by atoms with Gasteiger partial charge < -0.3 is 5.73 Å². The van der Waals surface area contributed by atoms with Crippen LogP contribution in [0, 0.1) is 16.7 Å². The van der Waals surface area contributed by atoms with Crippen molar-refractivity contribution in [1.82, 2.24) is 4.98 Å². The van der Waals surface area contributed by atoms with Gasteiger partial charge in [-0.05, 0) is 23.8 Å². The molecule has 1 aromatic carbocycles. The van der Waals surface area contributed by atoms with Crippen molar-refractivity contribution in [3.63, 3.8) is 0 Å². The number of nitrogen functional groups attached to an aromatic ring is 1. The highest BCUT2D eigenvalue weighted by Gasteiger charge is 2.33. The lowest BCUT2D eigenvalue weighted by atomic mass is 9.74. The highest BCUT2D eigenvalue weighted by Crippen LogP contribution is 2.41. The Labute approximate surface area is 135 Å². The Hall–Kier alpha value is -2.25. The minimum atomic E-state index is 0.0750. The molecule has 110 valence electrons. The fourth-order valence-corrected chi connectivity index (χ4v) is 3.74. The van der Waals surface area contributed by atoms with Crippen molar-refractivity contribution >= 4 is 22.9 Å². The predicted octanol–water partition coefficient (Wildman–Crippen LogP) is 3.89. The summed E-state index contributed by atoms with van der Waals surface area (Å²) in [6, 6.07) is 12.0. The average Bonchev–Trinajstić information content (AvgIpc) is 2.45. The summed E-state index contributed by atoms with van der Waals surface area (Å²) in [5, 5.41) is 9.54. The molecular formula is C18H17N3S. The Morgan fingerprint density at radius 3 is 2.50 bits per heavy atom.